The van der Waals surface area contributed by atoms with Crippen LogP contribution in [-0.2, 0) is 0 Å². The number of Topliss-reactive ketones (excluding diaryl/α,β-unsaturated/α-hetero) is 1. The fourth-order valence-electron chi connectivity index (χ4n) is 2.22. The Morgan fingerprint density at radius 3 is 2.50 bits per heavy atom. The molecule has 0 radical (unpaired) electrons. The van der Waals surface area contributed by atoms with Crippen LogP contribution in [0, 0.1) is 17.2 Å². The van der Waals surface area contributed by atoms with Crippen molar-refractivity contribution < 1.29 is 9.18 Å². The van der Waals surface area contributed by atoms with Crippen molar-refractivity contribution in [2.24, 2.45) is 11.3 Å². The largest absolute Gasteiger partial charge is 0.294 e. The van der Waals surface area contributed by atoms with E-state index in [1.807, 2.05) is 0 Å². The van der Waals surface area contributed by atoms with E-state index in [9.17, 15) is 9.18 Å². The van der Waals surface area contributed by atoms with Gasteiger partial charge in [0.15, 0.2) is 5.78 Å². The molecule has 0 saturated carbocycles. The summed E-state index contributed by atoms with van der Waals surface area (Å²) in [5.41, 5.74) is 0.697. The maximum absolute atomic E-state index is 13.0. The van der Waals surface area contributed by atoms with Gasteiger partial charge >= 0.3 is 0 Å². The van der Waals surface area contributed by atoms with E-state index in [0.29, 0.717) is 17.9 Å². The van der Waals surface area contributed by atoms with E-state index in [1.54, 1.807) is 0 Å². The molecule has 0 saturated heterocycles. The first-order chi connectivity index (χ1) is 8.19. The van der Waals surface area contributed by atoms with Gasteiger partial charge in [-0.15, -0.1) is 0 Å². The summed E-state index contributed by atoms with van der Waals surface area (Å²) in [5, 5.41) is 0.00400. The zero-order chi connectivity index (χ0) is 13.9. The number of rotatable bonds is 4. The van der Waals surface area contributed by atoms with E-state index >= 15 is 0 Å². The molecule has 0 spiro atoms. The average molecular weight is 271 g/mol. The minimum atomic E-state index is -0.490. The molecule has 0 fully saturated rings. The fraction of sp³-hybridized carbons (Fsp3) is 0.533. The molecule has 0 aromatic heterocycles. The van der Waals surface area contributed by atoms with Gasteiger partial charge in [-0.1, -0.05) is 39.3 Å². The summed E-state index contributed by atoms with van der Waals surface area (Å²) >= 11 is 5.67. The van der Waals surface area contributed by atoms with Gasteiger partial charge in [0.05, 0.1) is 5.02 Å². The van der Waals surface area contributed by atoms with Crippen LogP contribution in [0.3, 0.4) is 0 Å². The Kier molecular flexibility index (Phi) is 4.92. The van der Waals surface area contributed by atoms with Gasteiger partial charge in [0.1, 0.15) is 5.82 Å². The van der Waals surface area contributed by atoms with Crippen molar-refractivity contribution in [3.63, 3.8) is 0 Å². The lowest BCUT2D eigenvalue weighted by molar-refractivity contribution is 0.0954. The van der Waals surface area contributed by atoms with Crippen LogP contribution < -0.4 is 0 Å². The molecule has 1 aromatic carbocycles. The summed E-state index contributed by atoms with van der Waals surface area (Å²) in [7, 11) is 0. The Bertz CT molecular complexity index is 435. The van der Waals surface area contributed by atoms with Crippen molar-refractivity contribution in [2.45, 2.75) is 40.5 Å². The predicted octanol–water partition coefficient (Wildman–Crippen LogP) is 5.12. The molecule has 1 atom stereocenters. The smallest absolute Gasteiger partial charge is 0.163 e. The van der Waals surface area contributed by atoms with Crippen molar-refractivity contribution in [1.29, 1.82) is 0 Å². The summed E-state index contributed by atoms with van der Waals surface area (Å²) in [6, 6.07) is 4.14. The van der Waals surface area contributed by atoms with Crippen LogP contribution in [0.25, 0.3) is 0 Å². The van der Waals surface area contributed by atoms with Gasteiger partial charge in [-0.25, -0.2) is 4.39 Å². The first-order valence-corrected chi connectivity index (χ1v) is 6.55. The SMILES string of the molecule is CC(CC(=O)c1ccc(F)c(Cl)c1)CC(C)(C)C. The number of hydrogen-bond acceptors (Lipinski definition) is 1. The number of carbonyl (C=O) groups excluding carboxylic acids is 1. The molecule has 100 valence electrons. The lowest BCUT2D eigenvalue weighted by Gasteiger charge is -2.22. The van der Waals surface area contributed by atoms with Gasteiger partial charge in [-0.3, -0.25) is 4.79 Å². The summed E-state index contributed by atoms with van der Waals surface area (Å²) in [6.07, 6.45) is 1.45. The van der Waals surface area contributed by atoms with Crippen LogP contribution in [0.2, 0.25) is 5.02 Å². The molecule has 0 bridgehead atoms. The number of carbonyl (C=O) groups is 1. The maximum Gasteiger partial charge on any atom is 0.163 e. The predicted molar refractivity (Wildman–Crippen MR) is 73.6 cm³/mol. The van der Waals surface area contributed by atoms with E-state index in [0.717, 1.165) is 6.42 Å². The zero-order valence-electron chi connectivity index (χ0n) is 11.4. The monoisotopic (exact) mass is 270 g/mol. The quantitative estimate of drug-likeness (QED) is 0.694. The first-order valence-electron chi connectivity index (χ1n) is 6.17. The lowest BCUT2D eigenvalue weighted by atomic mass is 9.83. The summed E-state index contributed by atoms with van der Waals surface area (Å²) in [4.78, 5) is 12.0. The summed E-state index contributed by atoms with van der Waals surface area (Å²) in [5.74, 6) is -0.161. The normalized spacial score (nSPS) is 13.4. The molecule has 0 N–H and O–H groups in total. The van der Waals surface area contributed by atoms with Gasteiger partial charge < -0.3 is 0 Å². The molecule has 0 aliphatic heterocycles. The number of benzene rings is 1. The molecule has 0 heterocycles. The van der Waals surface area contributed by atoms with Crippen molar-refractivity contribution in [3.05, 3.63) is 34.6 Å². The minimum Gasteiger partial charge on any atom is -0.294 e. The molecule has 0 aliphatic rings. The lowest BCUT2D eigenvalue weighted by Crippen LogP contribution is -2.14. The molecular formula is C15H20ClFO. The standard InChI is InChI=1S/C15H20ClFO/c1-10(9-15(2,3)4)7-14(18)11-5-6-13(17)12(16)8-11/h5-6,8,10H,7,9H2,1-4H3. The Morgan fingerprint density at radius 2 is 2.00 bits per heavy atom. The fourth-order valence-corrected chi connectivity index (χ4v) is 2.40. The van der Waals surface area contributed by atoms with Gasteiger partial charge in [-0.2, -0.15) is 0 Å². The molecule has 1 aromatic rings. The molecule has 18 heavy (non-hydrogen) atoms. The van der Waals surface area contributed by atoms with E-state index in [-0.39, 0.29) is 16.2 Å². The second kappa shape index (κ2) is 5.83. The Labute approximate surface area is 113 Å². The van der Waals surface area contributed by atoms with Crippen molar-refractivity contribution >= 4 is 17.4 Å². The Morgan fingerprint density at radius 1 is 1.39 bits per heavy atom. The van der Waals surface area contributed by atoms with Crippen LogP contribution in [0.5, 0.6) is 0 Å². The first kappa shape index (κ1) is 15.2. The number of ketones is 1. The third kappa shape index (κ3) is 4.77. The van der Waals surface area contributed by atoms with E-state index in [1.165, 1.54) is 18.2 Å². The van der Waals surface area contributed by atoms with Crippen LogP contribution in [0.15, 0.2) is 18.2 Å². The van der Waals surface area contributed by atoms with Crippen LogP contribution in [0.4, 0.5) is 4.39 Å². The van der Waals surface area contributed by atoms with Crippen molar-refractivity contribution in [1.82, 2.24) is 0 Å². The third-order valence-electron chi connectivity index (χ3n) is 2.74. The van der Waals surface area contributed by atoms with E-state index < -0.39 is 5.82 Å². The van der Waals surface area contributed by atoms with Crippen LogP contribution >= 0.6 is 11.6 Å². The molecule has 1 rings (SSSR count). The highest BCUT2D eigenvalue weighted by atomic mass is 35.5. The second-order valence-corrected chi connectivity index (χ2v) is 6.53. The van der Waals surface area contributed by atoms with Crippen LogP contribution in [-0.4, -0.2) is 5.78 Å². The van der Waals surface area contributed by atoms with Gasteiger partial charge in [-0.05, 0) is 36.0 Å². The maximum atomic E-state index is 13.0. The van der Waals surface area contributed by atoms with Gasteiger partial charge in [0, 0.05) is 12.0 Å². The highest BCUT2D eigenvalue weighted by Gasteiger charge is 2.18. The molecule has 0 aliphatic carbocycles. The van der Waals surface area contributed by atoms with Crippen molar-refractivity contribution in [2.75, 3.05) is 0 Å². The van der Waals surface area contributed by atoms with Crippen LogP contribution in [0.1, 0.15) is 50.9 Å². The molecule has 0 amide bonds. The number of halogens is 2. The Balaban J connectivity index is 2.68. The zero-order valence-corrected chi connectivity index (χ0v) is 12.1. The number of hydrogen-bond donors (Lipinski definition) is 0. The van der Waals surface area contributed by atoms with Crippen molar-refractivity contribution in [3.8, 4) is 0 Å². The van der Waals surface area contributed by atoms with E-state index in [4.69, 9.17) is 11.6 Å². The molecule has 3 heteroatoms. The molecule has 1 nitrogen and oxygen atoms in total. The summed E-state index contributed by atoms with van der Waals surface area (Å²) in [6.45, 7) is 8.53. The second-order valence-electron chi connectivity index (χ2n) is 6.13. The average Bonchev–Trinajstić information content (AvgIpc) is 2.18. The highest BCUT2D eigenvalue weighted by Crippen LogP contribution is 2.27. The topological polar surface area (TPSA) is 17.1 Å². The Hall–Kier alpha value is -0.890. The molecular weight excluding hydrogens is 251 g/mol. The summed E-state index contributed by atoms with van der Waals surface area (Å²) < 4.78 is 13.0. The van der Waals surface area contributed by atoms with Gasteiger partial charge in [0.2, 0.25) is 0 Å². The molecule has 1 unspecified atom stereocenters. The third-order valence-corrected chi connectivity index (χ3v) is 3.03. The minimum absolute atomic E-state index is 0.00400. The van der Waals surface area contributed by atoms with Gasteiger partial charge in [0.25, 0.3) is 0 Å². The highest BCUT2D eigenvalue weighted by molar-refractivity contribution is 6.31. The van der Waals surface area contributed by atoms with E-state index in [2.05, 4.69) is 27.7 Å².